The number of hydrogen-bond acceptors (Lipinski definition) is 3. The minimum absolute atomic E-state index is 0.0178. The van der Waals surface area contributed by atoms with Gasteiger partial charge in [-0.3, -0.25) is 9.69 Å². The summed E-state index contributed by atoms with van der Waals surface area (Å²) in [6, 6.07) is 6.75. The van der Waals surface area contributed by atoms with Crippen molar-refractivity contribution >= 4 is 17.7 Å². The van der Waals surface area contributed by atoms with Crippen LogP contribution in [-0.2, 0) is 4.79 Å². The number of thioether (sulfide) groups is 1. The van der Waals surface area contributed by atoms with Gasteiger partial charge in [0.05, 0.1) is 6.42 Å². The molecule has 0 radical (unpaired) electrons. The van der Waals surface area contributed by atoms with E-state index in [1.54, 1.807) is 17.8 Å². The van der Waals surface area contributed by atoms with Gasteiger partial charge < -0.3 is 5.11 Å². The second kappa shape index (κ2) is 7.09. The number of carbonyl (C=O) groups is 1. The molecular weight excluding hydrogens is 277 g/mol. The molecule has 1 saturated heterocycles. The van der Waals surface area contributed by atoms with Crippen LogP contribution in [0.2, 0.25) is 0 Å². The highest BCUT2D eigenvalue weighted by Crippen LogP contribution is 2.32. The number of hydrogen-bond donors (Lipinski definition) is 1. The second-order valence-electron chi connectivity index (χ2n) is 5.01. The molecule has 0 amide bonds. The van der Waals surface area contributed by atoms with Crippen molar-refractivity contribution < 1.29 is 14.3 Å². The van der Waals surface area contributed by atoms with Crippen molar-refractivity contribution in [3.63, 3.8) is 0 Å². The highest BCUT2D eigenvalue weighted by atomic mass is 32.2. The molecule has 1 heterocycles. The van der Waals surface area contributed by atoms with Crippen LogP contribution < -0.4 is 0 Å². The normalized spacial score (nSPS) is 21.6. The summed E-state index contributed by atoms with van der Waals surface area (Å²) in [6.45, 7) is 2.84. The Hall–Kier alpha value is -1.07. The number of halogens is 1. The van der Waals surface area contributed by atoms with Crippen molar-refractivity contribution in [2.75, 3.05) is 18.1 Å². The summed E-state index contributed by atoms with van der Waals surface area (Å²) < 4.78 is 14.0. The zero-order valence-corrected chi connectivity index (χ0v) is 12.4. The zero-order chi connectivity index (χ0) is 14.5. The first-order chi connectivity index (χ1) is 9.63. The van der Waals surface area contributed by atoms with E-state index in [0.717, 1.165) is 24.5 Å². The second-order valence-corrected chi connectivity index (χ2v) is 6.16. The fourth-order valence-electron chi connectivity index (χ4n) is 2.83. The van der Waals surface area contributed by atoms with E-state index < -0.39 is 5.97 Å². The topological polar surface area (TPSA) is 40.5 Å². The van der Waals surface area contributed by atoms with Crippen molar-refractivity contribution in [1.82, 2.24) is 4.90 Å². The number of carboxylic acid groups (broad SMARTS) is 1. The van der Waals surface area contributed by atoms with Gasteiger partial charge in [-0.25, -0.2) is 4.39 Å². The van der Waals surface area contributed by atoms with Gasteiger partial charge in [-0.2, -0.15) is 11.8 Å². The van der Waals surface area contributed by atoms with Gasteiger partial charge in [-0.05, 0) is 12.5 Å². The maximum atomic E-state index is 14.0. The van der Waals surface area contributed by atoms with Crippen LogP contribution in [0.5, 0.6) is 0 Å². The van der Waals surface area contributed by atoms with E-state index >= 15 is 0 Å². The van der Waals surface area contributed by atoms with Gasteiger partial charge in [0.2, 0.25) is 0 Å². The van der Waals surface area contributed by atoms with E-state index in [0.29, 0.717) is 5.56 Å². The molecule has 1 aromatic rings. The first-order valence-electron chi connectivity index (χ1n) is 6.93. The lowest BCUT2D eigenvalue weighted by atomic mass is 9.99. The van der Waals surface area contributed by atoms with Crippen LogP contribution in [-0.4, -0.2) is 40.1 Å². The van der Waals surface area contributed by atoms with Crippen molar-refractivity contribution in [3.05, 3.63) is 35.6 Å². The molecule has 2 atom stereocenters. The zero-order valence-electron chi connectivity index (χ0n) is 11.6. The molecule has 110 valence electrons. The smallest absolute Gasteiger partial charge is 0.304 e. The van der Waals surface area contributed by atoms with E-state index in [-0.39, 0.29) is 24.3 Å². The van der Waals surface area contributed by atoms with Gasteiger partial charge in [0.1, 0.15) is 5.82 Å². The molecule has 0 saturated carbocycles. The molecular formula is C15H20FNO2S. The third-order valence-corrected chi connectivity index (χ3v) is 4.83. The monoisotopic (exact) mass is 297 g/mol. The summed E-state index contributed by atoms with van der Waals surface area (Å²) in [5, 5.41) is 9.05. The summed E-state index contributed by atoms with van der Waals surface area (Å²) in [5.41, 5.74) is 0.678. The predicted molar refractivity (Wildman–Crippen MR) is 79.5 cm³/mol. The first kappa shape index (κ1) is 15.3. The number of rotatable bonds is 5. The largest absolute Gasteiger partial charge is 0.481 e. The molecule has 0 aromatic heterocycles. The summed E-state index contributed by atoms with van der Waals surface area (Å²) >= 11 is 1.78. The molecule has 1 N–H and O–H groups in total. The van der Waals surface area contributed by atoms with Gasteiger partial charge in [-0.15, -0.1) is 0 Å². The third-order valence-electron chi connectivity index (χ3n) is 3.73. The van der Waals surface area contributed by atoms with Crippen LogP contribution in [0.1, 0.15) is 31.4 Å². The standard InChI is InChI=1S/C15H20FNO2S/c1-2-14(12-5-3-4-6-13(12)16)17-7-8-20-10-11(17)9-15(18)19/h3-6,11,14H,2,7-10H2,1H3,(H,18,19). The molecule has 0 bridgehead atoms. The Morgan fingerprint density at radius 1 is 1.55 bits per heavy atom. The molecule has 2 rings (SSSR count). The summed E-state index contributed by atoms with van der Waals surface area (Å²) in [7, 11) is 0. The lowest BCUT2D eigenvalue weighted by Gasteiger charge is -2.40. The van der Waals surface area contributed by atoms with Crippen LogP contribution in [0.4, 0.5) is 4.39 Å². The summed E-state index contributed by atoms with van der Waals surface area (Å²) in [4.78, 5) is 13.2. The molecule has 0 spiro atoms. The van der Waals surface area contributed by atoms with Crippen LogP contribution in [0.3, 0.4) is 0 Å². The molecule has 5 heteroatoms. The fourth-order valence-corrected chi connectivity index (χ4v) is 3.92. The molecule has 1 aromatic carbocycles. The Morgan fingerprint density at radius 3 is 2.95 bits per heavy atom. The molecule has 20 heavy (non-hydrogen) atoms. The van der Waals surface area contributed by atoms with E-state index in [2.05, 4.69) is 4.90 Å². The van der Waals surface area contributed by atoms with Crippen molar-refractivity contribution in [3.8, 4) is 0 Å². The quantitative estimate of drug-likeness (QED) is 0.906. The van der Waals surface area contributed by atoms with Crippen LogP contribution in [0.15, 0.2) is 24.3 Å². The number of nitrogens with zero attached hydrogens (tertiary/aromatic N) is 1. The molecule has 1 aliphatic heterocycles. The highest BCUT2D eigenvalue weighted by Gasteiger charge is 2.31. The van der Waals surface area contributed by atoms with Crippen LogP contribution in [0.25, 0.3) is 0 Å². The van der Waals surface area contributed by atoms with Gasteiger partial charge in [0.15, 0.2) is 0 Å². The van der Waals surface area contributed by atoms with Crippen LogP contribution >= 0.6 is 11.8 Å². The number of carboxylic acids is 1. The van der Waals surface area contributed by atoms with E-state index in [1.807, 2.05) is 19.1 Å². The van der Waals surface area contributed by atoms with E-state index in [1.165, 1.54) is 6.07 Å². The van der Waals surface area contributed by atoms with E-state index in [9.17, 15) is 9.18 Å². The van der Waals surface area contributed by atoms with Gasteiger partial charge in [0, 0.05) is 35.7 Å². The Bertz CT molecular complexity index is 469. The Balaban J connectivity index is 2.24. The fraction of sp³-hybridized carbons (Fsp3) is 0.533. The Kier molecular flexibility index (Phi) is 5.43. The lowest BCUT2D eigenvalue weighted by Crippen LogP contribution is -2.45. The Morgan fingerprint density at radius 2 is 2.30 bits per heavy atom. The molecule has 2 unspecified atom stereocenters. The lowest BCUT2D eigenvalue weighted by molar-refractivity contribution is -0.138. The first-order valence-corrected chi connectivity index (χ1v) is 8.08. The molecule has 3 nitrogen and oxygen atoms in total. The van der Waals surface area contributed by atoms with E-state index in [4.69, 9.17) is 5.11 Å². The highest BCUT2D eigenvalue weighted by molar-refractivity contribution is 7.99. The maximum Gasteiger partial charge on any atom is 0.304 e. The van der Waals surface area contributed by atoms with Crippen LogP contribution in [0, 0.1) is 5.82 Å². The molecule has 0 aliphatic carbocycles. The number of aliphatic carboxylic acids is 1. The number of benzene rings is 1. The summed E-state index contributed by atoms with van der Waals surface area (Å²) in [6.07, 6.45) is 0.902. The Labute approximate surface area is 123 Å². The van der Waals surface area contributed by atoms with Gasteiger partial charge >= 0.3 is 5.97 Å². The van der Waals surface area contributed by atoms with Gasteiger partial charge in [0.25, 0.3) is 0 Å². The minimum Gasteiger partial charge on any atom is -0.481 e. The maximum absolute atomic E-state index is 14.0. The average molecular weight is 297 g/mol. The van der Waals surface area contributed by atoms with Crippen molar-refractivity contribution in [1.29, 1.82) is 0 Å². The molecule has 1 aliphatic rings. The predicted octanol–water partition coefficient (Wildman–Crippen LogP) is 3.17. The average Bonchev–Trinajstić information content (AvgIpc) is 2.43. The SMILES string of the molecule is CCC(c1ccccc1F)N1CCSCC1CC(=O)O. The van der Waals surface area contributed by atoms with Gasteiger partial charge in [-0.1, -0.05) is 25.1 Å². The minimum atomic E-state index is -0.786. The molecule has 1 fully saturated rings. The third kappa shape index (κ3) is 3.52. The van der Waals surface area contributed by atoms with Crippen molar-refractivity contribution in [2.45, 2.75) is 31.8 Å². The summed E-state index contributed by atoms with van der Waals surface area (Å²) in [5.74, 6) is 0.788. The van der Waals surface area contributed by atoms with Crippen molar-refractivity contribution in [2.24, 2.45) is 0 Å².